The van der Waals surface area contributed by atoms with Crippen molar-refractivity contribution in [1.29, 1.82) is 0 Å². The summed E-state index contributed by atoms with van der Waals surface area (Å²) < 4.78 is 30.1. The molecule has 0 aliphatic rings. The first-order chi connectivity index (χ1) is 12.4. The third-order valence-corrected chi connectivity index (χ3v) is 5.03. The molecule has 1 aromatic heterocycles. The summed E-state index contributed by atoms with van der Waals surface area (Å²) in [6.07, 6.45) is 2.76. The van der Waals surface area contributed by atoms with E-state index in [9.17, 15) is 13.6 Å². The fourth-order valence-electron chi connectivity index (χ4n) is 2.29. The summed E-state index contributed by atoms with van der Waals surface area (Å²) in [5.41, 5.74) is 0.386. The highest BCUT2D eigenvalue weighted by Crippen LogP contribution is 2.26. The monoisotopic (exact) mass is 444 g/mol. The van der Waals surface area contributed by atoms with Gasteiger partial charge in [-0.15, -0.1) is 11.3 Å². The van der Waals surface area contributed by atoms with E-state index in [0.717, 1.165) is 4.88 Å². The molecule has 8 heteroatoms. The van der Waals surface area contributed by atoms with Crippen molar-refractivity contribution in [2.75, 3.05) is 20.6 Å². The van der Waals surface area contributed by atoms with Crippen molar-refractivity contribution in [3.63, 3.8) is 0 Å². The molecule has 2 aromatic rings. The lowest BCUT2D eigenvalue weighted by Gasteiger charge is -2.23. The summed E-state index contributed by atoms with van der Waals surface area (Å²) >= 11 is 4.90. The molecule has 26 heavy (non-hydrogen) atoms. The summed E-state index contributed by atoms with van der Waals surface area (Å²) in [6.45, 7) is -2.49. The molecular formula is C18H19BrF2N2O2S. The first kappa shape index (κ1) is 20.5. The van der Waals surface area contributed by atoms with Gasteiger partial charge in [0, 0.05) is 27.5 Å². The number of thiophene rings is 1. The van der Waals surface area contributed by atoms with Crippen LogP contribution >= 0.6 is 27.3 Å². The van der Waals surface area contributed by atoms with Crippen LogP contribution in [0, 0.1) is 0 Å². The van der Waals surface area contributed by atoms with Crippen LogP contribution in [0.15, 0.2) is 46.3 Å². The van der Waals surface area contributed by atoms with Gasteiger partial charge in [-0.3, -0.25) is 4.79 Å². The van der Waals surface area contributed by atoms with Crippen molar-refractivity contribution in [1.82, 2.24) is 10.2 Å². The summed E-state index contributed by atoms with van der Waals surface area (Å²) in [4.78, 5) is 15.3. The predicted octanol–water partition coefficient (Wildman–Crippen LogP) is 4.54. The second-order valence-electron chi connectivity index (χ2n) is 5.63. The van der Waals surface area contributed by atoms with Crippen molar-refractivity contribution < 1.29 is 18.3 Å². The zero-order chi connectivity index (χ0) is 19.1. The van der Waals surface area contributed by atoms with Gasteiger partial charge in [0.1, 0.15) is 5.75 Å². The van der Waals surface area contributed by atoms with Crippen LogP contribution in [-0.2, 0) is 4.79 Å². The predicted molar refractivity (Wildman–Crippen MR) is 104 cm³/mol. The molecule has 0 aliphatic heterocycles. The van der Waals surface area contributed by atoms with E-state index in [4.69, 9.17) is 0 Å². The third kappa shape index (κ3) is 6.19. The highest BCUT2D eigenvalue weighted by molar-refractivity contribution is 9.10. The average molecular weight is 445 g/mol. The van der Waals surface area contributed by atoms with Gasteiger partial charge in [0.15, 0.2) is 0 Å². The highest BCUT2D eigenvalue weighted by Gasteiger charge is 2.15. The quantitative estimate of drug-likeness (QED) is 0.607. The molecule has 0 spiro atoms. The Bertz CT molecular complexity index is 752. The Morgan fingerprint density at radius 1 is 1.38 bits per heavy atom. The van der Waals surface area contributed by atoms with Crippen LogP contribution in [0.4, 0.5) is 8.78 Å². The molecule has 140 valence electrons. The molecule has 0 saturated carbocycles. The van der Waals surface area contributed by atoms with Crippen LogP contribution in [0.1, 0.15) is 16.5 Å². The van der Waals surface area contributed by atoms with E-state index in [1.807, 2.05) is 36.5 Å². The number of hydrogen-bond acceptors (Lipinski definition) is 4. The van der Waals surface area contributed by atoms with E-state index in [1.54, 1.807) is 23.5 Å². The maximum atomic E-state index is 12.5. The number of rotatable bonds is 8. The van der Waals surface area contributed by atoms with E-state index >= 15 is 0 Å². The molecule has 1 N–H and O–H groups in total. The number of halogens is 3. The molecule has 1 heterocycles. The second-order valence-corrected chi connectivity index (χ2v) is 7.53. The van der Waals surface area contributed by atoms with Crippen LogP contribution in [0.5, 0.6) is 5.75 Å². The third-order valence-electron chi connectivity index (χ3n) is 3.57. The summed E-state index contributed by atoms with van der Waals surface area (Å²) in [6, 6.07) is 8.68. The van der Waals surface area contributed by atoms with Crippen molar-refractivity contribution >= 4 is 39.2 Å². The number of nitrogens with one attached hydrogen (secondary N) is 1. The number of ether oxygens (including phenoxy) is 1. The van der Waals surface area contributed by atoms with Gasteiger partial charge in [0.05, 0.1) is 6.04 Å². The molecule has 4 nitrogen and oxygen atoms in total. The van der Waals surface area contributed by atoms with Crippen molar-refractivity contribution in [3.05, 3.63) is 56.7 Å². The number of amides is 1. The Balaban J connectivity index is 2.02. The molecule has 0 aliphatic carbocycles. The van der Waals surface area contributed by atoms with Crippen LogP contribution < -0.4 is 10.1 Å². The minimum atomic E-state index is -2.93. The zero-order valence-electron chi connectivity index (χ0n) is 14.3. The lowest BCUT2D eigenvalue weighted by Crippen LogP contribution is -2.33. The number of likely N-dealkylation sites (N-methyl/N-ethyl adjacent to an activating group) is 1. The Labute approximate surface area is 163 Å². The van der Waals surface area contributed by atoms with Crippen LogP contribution in [0.3, 0.4) is 0 Å². The van der Waals surface area contributed by atoms with Crippen LogP contribution in [0.2, 0.25) is 0 Å². The Morgan fingerprint density at radius 3 is 2.77 bits per heavy atom. The Morgan fingerprint density at radius 2 is 2.15 bits per heavy atom. The maximum Gasteiger partial charge on any atom is 0.387 e. The number of carbonyl (C=O) groups excluding carboxylic acids is 1. The lowest BCUT2D eigenvalue weighted by molar-refractivity contribution is -0.116. The van der Waals surface area contributed by atoms with Crippen LogP contribution in [-0.4, -0.2) is 38.1 Å². The van der Waals surface area contributed by atoms with Gasteiger partial charge in [-0.05, 0) is 49.8 Å². The molecule has 0 fully saturated rings. The lowest BCUT2D eigenvalue weighted by atomic mass is 10.2. The SMILES string of the molecule is CN(C)C(CNC(=O)/C=C/c1cc(Br)ccc1OC(F)F)c1cccs1. The molecule has 0 radical (unpaired) electrons. The fraction of sp³-hybridized carbons (Fsp3) is 0.278. The van der Waals surface area contributed by atoms with E-state index in [-0.39, 0.29) is 17.7 Å². The smallest absolute Gasteiger partial charge is 0.387 e. The van der Waals surface area contributed by atoms with Crippen molar-refractivity contribution in [2.24, 2.45) is 0 Å². The number of nitrogens with zero attached hydrogens (tertiary/aromatic N) is 1. The van der Waals surface area contributed by atoms with Crippen molar-refractivity contribution in [2.45, 2.75) is 12.7 Å². The van der Waals surface area contributed by atoms with Gasteiger partial charge < -0.3 is 15.0 Å². The molecule has 0 saturated heterocycles. The number of alkyl halides is 2. The minimum absolute atomic E-state index is 0.0111. The topological polar surface area (TPSA) is 41.6 Å². The van der Waals surface area contributed by atoms with E-state index in [2.05, 4.69) is 26.0 Å². The average Bonchev–Trinajstić information content (AvgIpc) is 3.08. The van der Waals surface area contributed by atoms with Gasteiger partial charge in [0.25, 0.3) is 0 Å². The van der Waals surface area contributed by atoms with Gasteiger partial charge in [0.2, 0.25) is 5.91 Å². The number of benzene rings is 1. The summed E-state index contributed by atoms with van der Waals surface area (Å²) in [5, 5.41) is 4.83. The molecule has 1 amide bonds. The molecular weight excluding hydrogens is 426 g/mol. The van der Waals surface area contributed by atoms with Gasteiger partial charge in [-0.1, -0.05) is 22.0 Å². The summed E-state index contributed by atoms with van der Waals surface area (Å²) in [7, 11) is 3.89. The van der Waals surface area contributed by atoms with Crippen molar-refractivity contribution in [3.8, 4) is 5.75 Å². The maximum absolute atomic E-state index is 12.5. The fourth-order valence-corrected chi connectivity index (χ4v) is 3.59. The first-order valence-electron chi connectivity index (χ1n) is 7.77. The molecule has 1 unspecified atom stereocenters. The molecule has 2 rings (SSSR count). The largest absolute Gasteiger partial charge is 0.434 e. The Kier molecular flexibility index (Phi) is 7.74. The van der Waals surface area contributed by atoms with Crippen LogP contribution in [0.25, 0.3) is 6.08 Å². The van der Waals surface area contributed by atoms with E-state index in [1.165, 1.54) is 18.2 Å². The number of hydrogen-bond donors (Lipinski definition) is 1. The van der Waals surface area contributed by atoms with Gasteiger partial charge >= 0.3 is 6.61 Å². The molecule has 1 atom stereocenters. The zero-order valence-corrected chi connectivity index (χ0v) is 16.7. The van der Waals surface area contributed by atoms with E-state index < -0.39 is 6.61 Å². The minimum Gasteiger partial charge on any atom is -0.434 e. The number of carbonyl (C=O) groups is 1. The summed E-state index contributed by atoms with van der Waals surface area (Å²) in [5.74, 6) is -0.298. The van der Waals surface area contributed by atoms with Gasteiger partial charge in [-0.2, -0.15) is 8.78 Å². The van der Waals surface area contributed by atoms with E-state index in [0.29, 0.717) is 16.6 Å². The Hall–Kier alpha value is -1.77. The van der Waals surface area contributed by atoms with Gasteiger partial charge in [-0.25, -0.2) is 0 Å². The second kappa shape index (κ2) is 9.80. The first-order valence-corrected chi connectivity index (χ1v) is 9.44. The highest BCUT2D eigenvalue weighted by atomic mass is 79.9. The normalized spacial score (nSPS) is 12.7. The molecule has 1 aromatic carbocycles. The standard InChI is InChI=1S/C18H19BrF2N2O2S/c1-23(2)14(16-4-3-9-26-16)11-22-17(24)8-5-12-10-13(19)6-7-15(12)25-18(20)21/h3-10,14,18H,11H2,1-2H3,(H,22,24)/b8-5+. The molecule has 0 bridgehead atoms.